The van der Waals surface area contributed by atoms with Gasteiger partial charge in [0.15, 0.2) is 0 Å². The van der Waals surface area contributed by atoms with E-state index in [2.05, 4.69) is 0 Å². The number of nitrogens with zero attached hydrogens (tertiary/aromatic N) is 2. The number of aliphatic carboxylic acids is 1. The molecular weight excluding hydrogens is 461 g/mol. The lowest BCUT2D eigenvalue weighted by atomic mass is 10.0. The van der Waals surface area contributed by atoms with E-state index in [9.17, 15) is 14.7 Å². The molecule has 2 heterocycles. The van der Waals surface area contributed by atoms with Crippen LogP contribution in [0, 0.1) is 0 Å². The summed E-state index contributed by atoms with van der Waals surface area (Å²) in [6.07, 6.45) is 3.48. The molecule has 4 N–H and O–H groups in total. The Kier molecular flexibility index (Phi) is 8.35. The molecule has 0 aromatic heterocycles. The first-order valence-corrected chi connectivity index (χ1v) is 8.76. The molecule has 10 heteroatoms. The monoisotopic (exact) mass is 485 g/mol. The van der Waals surface area contributed by atoms with Gasteiger partial charge in [-0.05, 0) is 11.6 Å². The average Bonchev–Trinajstić information content (AvgIpc) is 2.53. The number of hydrogen-bond donors (Lipinski definition) is 3. The van der Waals surface area contributed by atoms with Crippen molar-refractivity contribution >= 4 is 47.6 Å². The van der Waals surface area contributed by atoms with Gasteiger partial charge in [-0.15, -0.1) is 35.7 Å². The predicted molar refractivity (Wildman–Crippen MR) is 103 cm³/mol. The number of carboxylic acid groups (broad SMARTS) is 1. The normalized spacial score (nSPS) is 23.4. The first-order chi connectivity index (χ1) is 11.3. The highest BCUT2D eigenvalue weighted by molar-refractivity contribution is 14.0. The summed E-state index contributed by atoms with van der Waals surface area (Å²) in [5.74, 6) is -1.35. The van der Waals surface area contributed by atoms with Crippen molar-refractivity contribution in [1.82, 2.24) is 4.90 Å². The number of β-lactam (4-membered cyclic amide) rings is 1. The number of nitrogens with two attached hydrogens (primary N) is 1. The minimum atomic E-state index is -1.39. The molecule has 0 radical (unpaired) electrons. The third-order valence-electron chi connectivity index (χ3n) is 4.38. The van der Waals surface area contributed by atoms with E-state index in [-0.39, 0.29) is 48.3 Å². The fraction of sp³-hybridized carbons (Fsp3) is 0.600. The van der Waals surface area contributed by atoms with Gasteiger partial charge in [0.2, 0.25) is 5.91 Å². The Bertz CT molecular complexity index is 578. The second kappa shape index (κ2) is 9.33. The van der Waals surface area contributed by atoms with Gasteiger partial charge in [-0.3, -0.25) is 9.69 Å². The van der Waals surface area contributed by atoms with Crippen LogP contribution in [0.3, 0.4) is 0 Å². The van der Waals surface area contributed by atoms with E-state index in [0.717, 1.165) is 0 Å². The van der Waals surface area contributed by atoms with Crippen LogP contribution in [0.2, 0.25) is 0 Å². The van der Waals surface area contributed by atoms with Gasteiger partial charge in [0.25, 0.3) is 0 Å². The zero-order chi connectivity index (χ0) is 17.9. The van der Waals surface area contributed by atoms with E-state index >= 15 is 0 Å². The third kappa shape index (κ3) is 4.74. The summed E-state index contributed by atoms with van der Waals surface area (Å²) in [5.41, 5.74) is 6.09. The lowest BCUT2D eigenvalue weighted by molar-refractivity contribution is -0.904. The number of fused-ring (bicyclic) bond motifs is 1. The number of likely N-dealkylation sites (N-methyl/N-ethyl adjacent to an activating group) is 1. The fourth-order valence-electron chi connectivity index (χ4n) is 2.88. The van der Waals surface area contributed by atoms with Gasteiger partial charge in [0, 0.05) is 5.75 Å². The number of hydrogen-bond acceptors (Lipinski definition) is 7. The molecule has 0 saturated carbocycles. The summed E-state index contributed by atoms with van der Waals surface area (Å²) < 4.78 is 0.431. The van der Waals surface area contributed by atoms with Crippen LogP contribution in [0.5, 0.6) is 0 Å². The van der Waals surface area contributed by atoms with Gasteiger partial charge in [-0.1, -0.05) is 6.08 Å². The molecule has 0 bridgehead atoms. The zero-order valence-electron chi connectivity index (χ0n) is 14.0. The number of carbonyl (C=O) groups is 2. The van der Waals surface area contributed by atoms with Crippen molar-refractivity contribution in [2.75, 3.05) is 45.6 Å². The summed E-state index contributed by atoms with van der Waals surface area (Å²) in [4.78, 5) is 24.5. The van der Waals surface area contributed by atoms with Gasteiger partial charge < -0.3 is 30.3 Å². The molecule has 0 aliphatic carbocycles. The number of quaternary nitrogens is 1. The first-order valence-electron chi connectivity index (χ1n) is 7.71. The largest absolute Gasteiger partial charge is 0.543 e. The number of carboxylic acids is 1. The Morgan fingerprint density at radius 1 is 1.44 bits per heavy atom. The molecule has 2 aliphatic rings. The molecule has 0 unspecified atom stereocenters. The molecule has 1 amide bonds. The number of halogens is 1. The van der Waals surface area contributed by atoms with Crippen molar-refractivity contribution in [2.24, 2.45) is 5.73 Å². The highest BCUT2D eigenvalue weighted by Crippen LogP contribution is 2.39. The van der Waals surface area contributed by atoms with E-state index in [1.165, 1.54) is 16.7 Å². The van der Waals surface area contributed by atoms with Gasteiger partial charge in [-0.2, -0.15) is 0 Å². The van der Waals surface area contributed by atoms with E-state index in [4.69, 9.17) is 15.9 Å². The maximum absolute atomic E-state index is 11.8. The van der Waals surface area contributed by atoms with Crippen molar-refractivity contribution in [3.8, 4) is 0 Å². The second-order valence-corrected chi connectivity index (χ2v) is 7.30. The molecule has 1 saturated heterocycles. The standard InChI is InChI=1S/C15H23N3O5S.HI/c1-18(5-7-19,6-8-20)4-2-3-10-9-24-14-11(16)13(21)17(14)12(10)15(22)23;/h2-3,11,14,19-20H,4-9,16H2,1H3;1H/b3-2+;/t11-,14-;/m1./s1. The Morgan fingerprint density at radius 2 is 2.04 bits per heavy atom. The van der Waals surface area contributed by atoms with E-state index in [0.29, 0.717) is 35.4 Å². The van der Waals surface area contributed by atoms with Crippen LogP contribution in [-0.4, -0.2) is 88.5 Å². The molecule has 2 rings (SSSR count). The summed E-state index contributed by atoms with van der Waals surface area (Å²) in [6, 6.07) is -0.663. The number of allylic oxidation sites excluding steroid dienone is 1. The molecule has 0 spiro atoms. The summed E-state index contributed by atoms with van der Waals surface area (Å²) in [7, 11) is 1.90. The van der Waals surface area contributed by atoms with E-state index in [1.807, 2.05) is 7.05 Å². The summed E-state index contributed by atoms with van der Waals surface area (Å²) in [5, 5.41) is 29.4. The first kappa shape index (κ1) is 22.4. The topological polar surface area (TPSA) is 127 Å². The van der Waals surface area contributed by atoms with Crippen LogP contribution in [0.4, 0.5) is 0 Å². The average molecular weight is 485 g/mol. The molecule has 2 atom stereocenters. The number of carbonyl (C=O) groups excluding carboxylic acids is 2. The van der Waals surface area contributed by atoms with Crippen LogP contribution in [0.25, 0.3) is 0 Å². The van der Waals surface area contributed by atoms with Crippen molar-refractivity contribution in [2.45, 2.75) is 11.4 Å². The molecule has 25 heavy (non-hydrogen) atoms. The van der Waals surface area contributed by atoms with Crippen molar-refractivity contribution in [1.29, 1.82) is 0 Å². The molecule has 1 fully saturated rings. The maximum Gasteiger partial charge on any atom is 0.248 e. The van der Waals surface area contributed by atoms with Crippen molar-refractivity contribution < 1.29 is 29.4 Å². The number of thioether (sulfide) groups is 1. The van der Waals surface area contributed by atoms with Crippen molar-refractivity contribution in [3.63, 3.8) is 0 Å². The van der Waals surface area contributed by atoms with Gasteiger partial charge in [0.05, 0.1) is 38.5 Å². The van der Waals surface area contributed by atoms with Crippen LogP contribution in [0.1, 0.15) is 0 Å². The maximum atomic E-state index is 11.8. The zero-order valence-corrected chi connectivity index (χ0v) is 17.1. The summed E-state index contributed by atoms with van der Waals surface area (Å²) >= 11 is 1.43. The number of aliphatic hydroxyl groups excluding tert-OH is 2. The molecule has 142 valence electrons. The highest BCUT2D eigenvalue weighted by Gasteiger charge is 2.49. The molecule has 2 aliphatic heterocycles. The SMILES string of the molecule is C[N+](C/C=C/C1=C(C(=O)[O-])N2C(=O)[C@@H](N)[C@H]2SC1)(CCO)CCO.I. The lowest BCUT2D eigenvalue weighted by Gasteiger charge is -2.49. The third-order valence-corrected chi connectivity index (χ3v) is 5.70. The minimum Gasteiger partial charge on any atom is -0.543 e. The Balaban J connectivity index is 0.00000312. The number of aliphatic hydroxyl groups is 2. The Labute approximate surface area is 167 Å². The lowest BCUT2D eigenvalue weighted by Crippen LogP contribution is -2.69. The van der Waals surface area contributed by atoms with Crippen LogP contribution in [0.15, 0.2) is 23.4 Å². The van der Waals surface area contributed by atoms with Crippen LogP contribution < -0.4 is 10.8 Å². The minimum absolute atomic E-state index is 0. The van der Waals surface area contributed by atoms with Crippen molar-refractivity contribution in [3.05, 3.63) is 23.4 Å². The van der Waals surface area contributed by atoms with Crippen LogP contribution in [-0.2, 0) is 9.59 Å². The number of amides is 1. The quantitative estimate of drug-likeness (QED) is 0.203. The van der Waals surface area contributed by atoms with E-state index < -0.39 is 17.9 Å². The van der Waals surface area contributed by atoms with Gasteiger partial charge >= 0.3 is 0 Å². The molecule has 8 nitrogen and oxygen atoms in total. The molecule has 0 aromatic carbocycles. The van der Waals surface area contributed by atoms with Gasteiger partial charge in [-0.25, -0.2) is 0 Å². The Hall–Kier alpha value is -0.660. The number of rotatable bonds is 8. The van der Waals surface area contributed by atoms with Gasteiger partial charge in [0.1, 0.15) is 24.5 Å². The second-order valence-electron chi connectivity index (χ2n) is 6.20. The molecule has 0 aromatic rings. The Morgan fingerprint density at radius 3 is 2.56 bits per heavy atom. The molecular formula is C15H24IN3O5S. The van der Waals surface area contributed by atoms with E-state index in [1.54, 1.807) is 12.2 Å². The fourth-order valence-corrected chi connectivity index (χ4v) is 4.15. The highest BCUT2D eigenvalue weighted by atomic mass is 127. The predicted octanol–water partition coefficient (Wildman–Crippen LogP) is -2.16. The summed E-state index contributed by atoms with van der Waals surface area (Å²) in [6.45, 7) is 1.47. The van der Waals surface area contributed by atoms with Crippen LogP contribution >= 0.6 is 35.7 Å². The smallest absolute Gasteiger partial charge is 0.248 e.